The van der Waals surface area contributed by atoms with Crippen molar-refractivity contribution >= 4 is 10.0 Å². The molecule has 0 aromatic heterocycles. The molecule has 1 heterocycles. The highest BCUT2D eigenvalue weighted by Gasteiger charge is 2.33. The quantitative estimate of drug-likeness (QED) is 0.797. The minimum atomic E-state index is -3.40. The lowest BCUT2D eigenvalue weighted by atomic mass is 10.0. The Kier molecular flexibility index (Phi) is 3.92. The maximum Gasteiger partial charge on any atom is 0.243 e. The highest BCUT2D eigenvalue weighted by molar-refractivity contribution is 7.89. The molecule has 0 N–H and O–H groups in total. The van der Waals surface area contributed by atoms with Gasteiger partial charge in [-0.1, -0.05) is 42.0 Å². The summed E-state index contributed by atoms with van der Waals surface area (Å²) >= 11 is 0. The van der Waals surface area contributed by atoms with E-state index in [9.17, 15) is 8.42 Å². The van der Waals surface area contributed by atoms with E-state index in [0.717, 1.165) is 11.1 Å². The Labute approximate surface area is 115 Å². The van der Waals surface area contributed by atoms with Crippen LogP contribution in [0.3, 0.4) is 0 Å². The van der Waals surface area contributed by atoms with Crippen molar-refractivity contribution in [3.63, 3.8) is 0 Å². The van der Waals surface area contributed by atoms with Gasteiger partial charge >= 0.3 is 0 Å². The molecule has 0 spiro atoms. The number of hydrogen-bond acceptors (Lipinski definition) is 2. The zero-order valence-corrected chi connectivity index (χ0v) is 12.2. The molecule has 4 heteroatoms. The first-order chi connectivity index (χ1) is 8.95. The molecule has 1 aliphatic rings. The molecule has 0 unspecified atom stereocenters. The van der Waals surface area contributed by atoms with E-state index < -0.39 is 10.0 Å². The van der Waals surface area contributed by atoms with Gasteiger partial charge in [-0.15, -0.1) is 0 Å². The Morgan fingerprint density at radius 3 is 2.53 bits per heavy atom. The van der Waals surface area contributed by atoms with E-state index in [2.05, 4.69) is 6.58 Å². The molecular weight excluding hydrogens is 258 g/mol. The van der Waals surface area contributed by atoms with Crippen molar-refractivity contribution in [2.24, 2.45) is 5.92 Å². The topological polar surface area (TPSA) is 37.4 Å². The smallest absolute Gasteiger partial charge is 0.207 e. The van der Waals surface area contributed by atoms with Crippen LogP contribution in [0.2, 0.25) is 0 Å². The highest BCUT2D eigenvalue weighted by atomic mass is 32.2. The fourth-order valence-corrected chi connectivity index (χ4v) is 3.70. The van der Waals surface area contributed by atoms with Gasteiger partial charge in [0.1, 0.15) is 0 Å². The normalized spacial score (nSPS) is 21.4. The number of hydrogen-bond donors (Lipinski definition) is 0. The molecule has 1 fully saturated rings. The summed E-state index contributed by atoms with van der Waals surface area (Å²) in [6, 6.07) is 6.97. The predicted molar refractivity (Wildman–Crippen MR) is 77.4 cm³/mol. The summed E-state index contributed by atoms with van der Waals surface area (Å²) in [6.45, 7) is 8.74. The van der Waals surface area contributed by atoms with E-state index >= 15 is 0 Å². The van der Waals surface area contributed by atoms with Gasteiger partial charge in [0.2, 0.25) is 10.0 Å². The van der Waals surface area contributed by atoms with Crippen molar-refractivity contribution in [1.29, 1.82) is 0 Å². The molecule has 0 radical (unpaired) electrons. The van der Waals surface area contributed by atoms with Crippen LogP contribution in [-0.2, 0) is 10.0 Å². The van der Waals surface area contributed by atoms with Crippen molar-refractivity contribution in [2.45, 2.75) is 18.7 Å². The largest absolute Gasteiger partial charge is 0.243 e. The predicted octanol–water partition coefficient (Wildman–Crippen LogP) is 2.75. The summed E-state index contributed by atoms with van der Waals surface area (Å²) < 4.78 is 26.5. The Morgan fingerprint density at radius 1 is 1.32 bits per heavy atom. The summed E-state index contributed by atoms with van der Waals surface area (Å²) in [4.78, 5) is 0.354. The van der Waals surface area contributed by atoms with Gasteiger partial charge in [-0.25, -0.2) is 8.42 Å². The molecule has 3 nitrogen and oxygen atoms in total. The van der Waals surface area contributed by atoms with Crippen LogP contribution in [0, 0.1) is 12.8 Å². The first-order valence-corrected chi connectivity index (χ1v) is 7.76. The van der Waals surface area contributed by atoms with Gasteiger partial charge in [0.05, 0.1) is 4.90 Å². The van der Waals surface area contributed by atoms with Crippen molar-refractivity contribution in [3.05, 3.63) is 54.1 Å². The van der Waals surface area contributed by atoms with Crippen molar-refractivity contribution in [3.8, 4) is 0 Å². The molecule has 1 aliphatic heterocycles. The fraction of sp³-hybridized carbons (Fsp3) is 0.333. The number of allylic oxidation sites excluding steroid dienone is 1. The van der Waals surface area contributed by atoms with Crippen molar-refractivity contribution < 1.29 is 8.42 Å². The second kappa shape index (κ2) is 5.31. The zero-order chi connectivity index (χ0) is 14.0. The van der Waals surface area contributed by atoms with Gasteiger partial charge in [-0.2, -0.15) is 4.31 Å². The summed E-state index contributed by atoms with van der Waals surface area (Å²) in [7, 11) is -3.40. The summed E-state index contributed by atoms with van der Waals surface area (Å²) in [6.07, 6.45) is 3.95. The van der Waals surface area contributed by atoms with Crippen LogP contribution in [0.5, 0.6) is 0 Å². The third-order valence-electron chi connectivity index (χ3n) is 3.39. The molecule has 1 atom stereocenters. The van der Waals surface area contributed by atoms with Gasteiger partial charge in [-0.05, 0) is 26.0 Å². The molecule has 19 heavy (non-hydrogen) atoms. The molecule has 0 aliphatic carbocycles. The monoisotopic (exact) mass is 277 g/mol. The molecule has 2 rings (SSSR count). The van der Waals surface area contributed by atoms with E-state index in [0.29, 0.717) is 18.0 Å². The van der Waals surface area contributed by atoms with Gasteiger partial charge in [-0.3, -0.25) is 0 Å². The minimum absolute atomic E-state index is 0.130. The van der Waals surface area contributed by atoms with Crippen LogP contribution >= 0.6 is 0 Å². The summed E-state index contributed by atoms with van der Waals surface area (Å²) in [5, 5.41) is 0. The lowest BCUT2D eigenvalue weighted by molar-refractivity contribution is 0.471. The number of benzene rings is 1. The Bertz CT molecular complexity index is 600. The van der Waals surface area contributed by atoms with E-state index in [1.165, 1.54) is 4.31 Å². The average molecular weight is 277 g/mol. The van der Waals surface area contributed by atoms with Crippen LogP contribution < -0.4 is 0 Å². The minimum Gasteiger partial charge on any atom is -0.207 e. The molecule has 1 aromatic rings. The molecule has 0 amide bonds. The van der Waals surface area contributed by atoms with Crippen molar-refractivity contribution in [2.75, 3.05) is 13.1 Å². The second-order valence-electron chi connectivity index (χ2n) is 4.90. The summed E-state index contributed by atoms with van der Waals surface area (Å²) in [5.74, 6) is 0.130. The maximum absolute atomic E-state index is 12.5. The lowest BCUT2D eigenvalue weighted by Crippen LogP contribution is -2.28. The number of rotatable bonds is 3. The first kappa shape index (κ1) is 14.0. The van der Waals surface area contributed by atoms with E-state index in [1.54, 1.807) is 12.1 Å². The van der Waals surface area contributed by atoms with Crippen LogP contribution in [-0.4, -0.2) is 25.8 Å². The molecule has 0 saturated carbocycles. The fourth-order valence-electron chi connectivity index (χ4n) is 2.23. The van der Waals surface area contributed by atoms with Gasteiger partial charge in [0.15, 0.2) is 0 Å². The molecule has 102 valence electrons. The first-order valence-electron chi connectivity index (χ1n) is 6.32. The Balaban J connectivity index is 2.27. The van der Waals surface area contributed by atoms with Gasteiger partial charge in [0.25, 0.3) is 0 Å². The lowest BCUT2D eigenvalue weighted by Gasteiger charge is -2.15. The molecule has 1 aromatic carbocycles. The number of sulfonamides is 1. The van der Waals surface area contributed by atoms with Crippen molar-refractivity contribution in [1.82, 2.24) is 4.31 Å². The van der Waals surface area contributed by atoms with Gasteiger partial charge < -0.3 is 0 Å². The Morgan fingerprint density at radius 2 is 1.95 bits per heavy atom. The number of aryl methyl sites for hydroxylation is 1. The van der Waals surface area contributed by atoms with Gasteiger partial charge in [0, 0.05) is 19.0 Å². The molecule has 1 saturated heterocycles. The maximum atomic E-state index is 12.5. The van der Waals surface area contributed by atoms with E-state index in [1.807, 2.05) is 38.1 Å². The van der Waals surface area contributed by atoms with E-state index in [-0.39, 0.29) is 5.92 Å². The molecular formula is C15H19NO2S. The Hall–Kier alpha value is -1.39. The summed E-state index contributed by atoms with van der Waals surface area (Å²) in [5.41, 5.74) is 2.00. The van der Waals surface area contributed by atoms with Crippen LogP contribution in [0.15, 0.2) is 53.5 Å². The SMILES string of the molecule is C=C1CN(S(=O)(=O)c2ccc(C)cc2)C[C@H]1/C=C/C. The van der Waals surface area contributed by atoms with Crippen LogP contribution in [0.1, 0.15) is 12.5 Å². The van der Waals surface area contributed by atoms with E-state index in [4.69, 9.17) is 0 Å². The highest BCUT2D eigenvalue weighted by Crippen LogP contribution is 2.28. The average Bonchev–Trinajstić information content (AvgIpc) is 2.73. The third-order valence-corrected chi connectivity index (χ3v) is 5.21. The number of nitrogens with zero attached hydrogens (tertiary/aromatic N) is 1. The van der Waals surface area contributed by atoms with Crippen LogP contribution in [0.25, 0.3) is 0 Å². The standard InChI is InChI=1S/C15H19NO2S/c1-4-5-14-11-16(10-13(14)3)19(17,18)15-8-6-12(2)7-9-15/h4-9,14H,3,10-11H2,1-2H3/b5-4+/t14-/m1/s1. The third kappa shape index (κ3) is 2.80. The van der Waals surface area contributed by atoms with Crippen LogP contribution in [0.4, 0.5) is 0 Å². The second-order valence-corrected chi connectivity index (χ2v) is 6.84. The zero-order valence-electron chi connectivity index (χ0n) is 11.3. The molecule has 0 bridgehead atoms.